The highest BCUT2D eigenvalue weighted by molar-refractivity contribution is 7.84. The van der Waals surface area contributed by atoms with Gasteiger partial charge in [0.15, 0.2) is 0 Å². The first-order chi connectivity index (χ1) is 7.95. The summed E-state index contributed by atoms with van der Waals surface area (Å²) in [5.41, 5.74) is 1.17. The lowest BCUT2D eigenvalue weighted by Crippen LogP contribution is -2.37. The molecular weight excluding hydrogens is 230 g/mol. The summed E-state index contributed by atoms with van der Waals surface area (Å²) in [6.45, 7) is 11.0. The first kappa shape index (κ1) is 14.1. The Morgan fingerprint density at radius 1 is 1.29 bits per heavy atom. The van der Waals surface area contributed by atoms with E-state index in [0.717, 1.165) is 0 Å². The third-order valence-electron chi connectivity index (χ3n) is 2.29. The number of rotatable bonds is 5. The van der Waals surface area contributed by atoms with E-state index < -0.39 is 11.0 Å². The molecule has 0 N–H and O–H groups in total. The number of hydrogen-bond donors (Lipinski definition) is 0. The van der Waals surface area contributed by atoms with Crippen LogP contribution >= 0.6 is 0 Å². The minimum absolute atomic E-state index is 0.238. The summed E-state index contributed by atoms with van der Waals surface area (Å²) in [7, 11) is -1.01. The minimum atomic E-state index is -1.01. The summed E-state index contributed by atoms with van der Waals surface area (Å²) in [5.74, 6) is 0. The van der Waals surface area contributed by atoms with Gasteiger partial charge in [-0.3, -0.25) is 0 Å². The van der Waals surface area contributed by atoms with Gasteiger partial charge in [-0.05, 0) is 26.3 Å². The van der Waals surface area contributed by atoms with Gasteiger partial charge < -0.3 is 0 Å². The van der Waals surface area contributed by atoms with Crippen molar-refractivity contribution in [2.75, 3.05) is 6.54 Å². The first-order valence-electron chi connectivity index (χ1n) is 5.77. The average Bonchev–Trinajstić information content (AvgIpc) is 2.28. The van der Waals surface area contributed by atoms with Gasteiger partial charge in [0.2, 0.25) is 0 Å². The largest absolute Gasteiger partial charge is 0.242 e. The number of hydrogen-bond acceptors (Lipinski definition) is 1. The molecule has 17 heavy (non-hydrogen) atoms. The highest BCUT2D eigenvalue weighted by Crippen LogP contribution is 2.18. The van der Waals surface area contributed by atoms with E-state index in [4.69, 9.17) is 0 Å². The van der Waals surface area contributed by atoms with Crippen LogP contribution in [0.2, 0.25) is 0 Å². The van der Waals surface area contributed by atoms with Gasteiger partial charge in [0, 0.05) is 13.1 Å². The van der Waals surface area contributed by atoms with E-state index in [9.17, 15) is 4.21 Å². The molecule has 0 radical (unpaired) electrons. The van der Waals surface area contributed by atoms with E-state index in [0.29, 0.717) is 13.1 Å². The highest BCUT2D eigenvalue weighted by atomic mass is 32.2. The quantitative estimate of drug-likeness (QED) is 0.736. The molecule has 0 aliphatic rings. The molecule has 0 aromatic heterocycles. The second kappa shape index (κ2) is 6.12. The van der Waals surface area contributed by atoms with Crippen LogP contribution in [-0.2, 0) is 17.5 Å². The highest BCUT2D eigenvalue weighted by Gasteiger charge is 2.25. The van der Waals surface area contributed by atoms with E-state index in [1.165, 1.54) is 5.56 Å². The summed E-state index contributed by atoms with van der Waals surface area (Å²) in [4.78, 5) is 0. The van der Waals surface area contributed by atoms with Crippen LogP contribution in [0.15, 0.2) is 43.0 Å². The average molecular weight is 251 g/mol. The fourth-order valence-electron chi connectivity index (χ4n) is 1.51. The molecule has 1 atom stereocenters. The fraction of sp³-hybridized carbons (Fsp3) is 0.429. The van der Waals surface area contributed by atoms with Gasteiger partial charge >= 0.3 is 0 Å². The SMILES string of the molecule is C=CCN(Cc1ccccc1)S(=O)C(C)(C)C. The molecule has 0 amide bonds. The normalized spacial score (nSPS) is 13.6. The molecule has 94 valence electrons. The molecule has 0 bridgehead atoms. The summed E-state index contributed by atoms with van der Waals surface area (Å²) in [6, 6.07) is 10.1. The van der Waals surface area contributed by atoms with Crippen molar-refractivity contribution in [3.05, 3.63) is 48.6 Å². The summed E-state index contributed by atoms with van der Waals surface area (Å²) < 4.78 is 14.1. The van der Waals surface area contributed by atoms with Crippen molar-refractivity contribution < 1.29 is 4.21 Å². The van der Waals surface area contributed by atoms with E-state index >= 15 is 0 Å². The Bertz CT molecular complexity index is 381. The Morgan fingerprint density at radius 2 is 1.88 bits per heavy atom. The molecular formula is C14H21NOS. The fourth-order valence-corrected chi connectivity index (χ4v) is 2.79. The Kier molecular flexibility index (Phi) is 5.09. The van der Waals surface area contributed by atoms with Crippen molar-refractivity contribution in [1.82, 2.24) is 4.31 Å². The second-order valence-corrected chi connectivity index (χ2v) is 7.20. The second-order valence-electron chi connectivity index (χ2n) is 4.96. The van der Waals surface area contributed by atoms with Crippen LogP contribution in [0.5, 0.6) is 0 Å². The van der Waals surface area contributed by atoms with Crippen LogP contribution in [0.4, 0.5) is 0 Å². The van der Waals surface area contributed by atoms with Crippen molar-refractivity contribution >= 4 is 11.0 Å². The van der Waals surface area contributed by atoms with Gasteiger partial charge in [0.1, 0.15) is 11.0 Å². The van der Waals surface area contributed by atoms with Gasteiger partial charge in [-0.15, -0.1) is 6.58 Å². The van der Waals surface area contributed by atoms with Crippen molar-refractivity contribution in [2.24, 2.45) is 0 Å². The third-order valence-corrected chi connectivity index (χ3v) is 4.09. The van der Waals surface area contributed by atoms with E-state index in [-0.39, 0.29) is 4.75 Å². The van der Waals surface area contributed by atoms with Crippen molar-refractivity contribution in [2.45, 2.75) is 32.1 Å². The Balaban J connectivity index is 2.80. The van der Waals surface area contributed by atoms with E-state index in [1.807, 2.05) is 43.3 Å². The van der Waals surface area contributed by atoms with E-state index in [1.54, 1.807) is 6.08 Å². The van der Waals surface area contributed by atoms with Crippen LogP contribution in [0, 0.1) is 0 Å². The maximum absolute atomic E-state index is 12.3. The van der Waals surface area contributed by atoms with Gasteiger partial charge in [-0.2, -0.15) is 0 Å². The molecule has 1 aromatic carbocycles. The van der Waals surface area contributed by atoms with E-state index in [2.05, 4.69) is 18.7 Å². The van der Waals surface area contributed by atoms with Crippen LogP contribution < -0.4 is 0 Å². The molecule has 0 heterocycles. The predicted octanol–water partition coefficient (Wildman–Crippen LogP) is 3.14. The number of nitrogens with zero attached hydrogens (tertiary/aromatic N) is 1. The molecule has 0 saturated carbocycles. The minimum Gasteiger partial charge on any atom is -0.242 e. The van der Waals surface area contributed by atoms with Crippen molar-refractivity contribution in [3.63, 3.8) is 0 Å². The van der Waals surface area contributed by atoms with Crippen LogP contribution in [0.25, 0.3) is 0 Å². The lowest BCUT2D eigenvalue weighted by Gasteiger charge is -2.28. The zero-order valence-electron chi connectivity index (χ0n) is 10.8. The lowest BCUT2D eigenvalue weighted by molar-refractivity contribution is 0.465. The molecule has 0 saturated heterocycles. The maximum atomic E-state index is 12.3. The Hall–Kier alpha value is -0.930. The molecule has 0 aliphatic heterocycles. The number of benzene rings is 1. The van der Waals surface area contributed by atoms with Gasteiger partial charge in [-0.1, -0.05) is 36.4 Å². The van der Waals surface area contributed by atoms with Crippen LogP contribution in [0.1, 0.15) is 26.3 Å². The molecule has 3 heteroatoms. The summed E-state index contributed by atoms with van der Waals surface area (Å²) >= 11 is 0. The molecule has 2 nitrogen and oxygen atoms in total. The maximum Gasteiger partial charge on any atom is 0.100 e. The smallest absolute Gasteiger partial charge is 0.100 e. The molecule has 1 unspecified atom stereocenters. The molecule has 0 fully saturated rings. The zero-order chi connectivity index (χ0) is 12.9. The molecule has 0 aliphatic carbocycles. The summed E-state index contributed by atoms with van der Waals surface area (Å²) in [5, 5.41) is 0. The topological polar surface area (TPSA) is 20.3 Å². The van der Waals surface area contributed by atoms with Gasteiger partial charge in [0.25, 0.3) is 0 Å². The lowest BCUT2D eigenvalue weighted by atomic mass is 10.2. The monoisotopic (exact) mass is 251 g/mol. The van der Waals surface area contributed by atoms with Gasteiger partial charge in [-0.25, -0.2) is 8.51 Å². The first-order valence-corrected chi connectivity index (χ1v) is 6.87. The van der Waals surface area contributed by atoms with Crippen molar-refractivity contribution in [3.8, 4) is 0 Å². The van der Waals surface area contributed by atoms with Gasteiger partial charge in [0.05, 0.1) is 4.75 Å². The zero-order valence-corrected chi connectivity index (χ0v) is 11.7. The van der Waals surface area contributed by atoms with Crippen molar-refractivity contribution in [1.29, 1.82) is 0 Å². The Labute approximate surface area is 107 Å². The molecule has 1 rings (SSSR count). The van der Waals surface area contributed by atoms with Crippen LogP contribution in [0.3, 0.4) is 0 Å². The predicted molar refractivity (Wildman–Crippen MR) is 74.9 cm³/mol. The standard InChI is InChI=1S/C14H21NOS/c1-5-11-15(17(16)14(2,3)4)12-13-9-7-6-8-10-13/h5-10H,1,11-12H2,2-4H3. The van der Waals surface area contributed by atoms with Crippen LogP contribution in [-0.4, -0.2) is 19.8 Å². The molecule has 0 spiro atoms. The Morgan fingerprint density at radius 3 is 2.35 bits per heavy atom. The molecule has 1 aromatic rings. The third kappa shape index (κ3) is 4.44. The summed E-state index contributed by atoms with van der Waals surface area (Å²) in [6.07, 6.45) is 1.80.